The molecule has 0 bridgehead atoms. The number of nitrogens with two attached hydrogens (primary N) is 3. The van der Waals surface area contributed by atoms with E-state index in [-0.39, 0.29) is 51.9 Å². The zero-order chi connectivity index (χ0) is 43.8. The van der Waals surface area contributed by atoms with Crippen LogP contribution in [-0.4, -0.2) is 60.8 Å². The number of nitrogen functional groups attached to an aromatic ring is 3. The summed E-state index contributed by atoms with van der Waals surface area (Å²) in [5, 5.41) is 11.5. The molecule has 1 aromatic heterocycles. The van der Waals surface area contributed by atoms with E-state index in [1.54, 1.807) is 90.1 Å². The number of nitrogens with zero attached hydrogens (tertiary/aromatic N) is 1. The van der Waals surface area contributed by atoms with Crippen LogP contribution in [0.5, 0.6) is 0 Å². The van der Waals surface area contributed by atoms with E-state index >= 15 is 0 Å². The van der Waals surface area contributed by atoms with Crippen LogP contribution >= 0.6 is 56.8 Å². The number of carboxylic acid groups (broad SMARTS) is 1. The Morgan fingerprint density at radius 3 is 1.58 bits per heavy atom. The molecule has 0 radical (unpaired) electrons. The number of hydrogen-bond donors (Lipinski definition) is 6. The van der Waals surface area contributed by atoms with Crippen LogP contribution < -0.4 is 22.5 Å². The molecule has 4 aromatic rings. The Labute approximate surface area is 368 Å². The second kappa shape index (κ2) is 24.6. The number of anilines is 4. The zero-order valence-corrected chi connectivity index (χ0v) is 38.6. The van der Waals surface area contributed by atoms with Gasteiger partial charge in [-0.05, 0) is 48.0 Å². The summed E-state index contributed by atoms with van der Waals surface area (Å²) in [7, 11) is 2.58. The highest BCUT2D eigenvalue weighted by atomic mass is 127. The lowest BCUT2D eigenvalue weighted by atomic mass is 9.95. The van der Waals surface area contributed by atoms with E-state index in [1.807, 2.05) is 26.8 Å². The number of carbonyl (C=O) groups excluding carboxylic acids is 4. The molecule has 0 unspecified atom stereocenters. The van der Waals surface area contributed by atoms with E-state index in [0.29, 0.717) is 22.5 Å². The van der Waals surface area contributed by atoms with Crippen molar-refractivity contribution in [2.75, 3.05) is 39.2 Å². The number of nitrogens with one attached hydrogen (secondary N) is 2. The number of halogens is 3. The number of H-pyrrole nitrogens is 1. The Morgan fingerprint density at radius 1 is 0.754 bits per heavy atom. The first-order valence-electron chi connectivity index (χ1n) is 16.7. The van der Waals surface area contributed by atoms with E-state index in [2.05, 4.69) is 69.9 Å². The highest BCUT2D eigenvalue weighted by molar-refractivity contribution is 14.2. The number of rotatable bonds is 4. The Balaban J connectivity index is 0. The largest absolute Gasteiger partial charge is 0.478 e. The monoisotopic (exact) mass is 1040 g/mol. The lowest BCUT2D eigenvalue weighted by Crippen LogP contribution is -2.28. The van der Waals surface area contributed by atoms with Crippen LogP contribution in [0.25, 0.3) is 11.0 Å². The number of aromatic nitrogens is 2. The minimum Gasteiger partial charge on any atom is -0.478 e. The molecule has 9 N–H and O–H groups in total. The number of aromatic carboxylic acids is 1. The van der Waals surface area contributed by atoms with Gasteiger partial charge < -0.3 is 42.1 Å². The minimum atomic E-state index is -0.947. The maximum atomic E-state index is 11.9. The highest BCUT2D eigenvalue weighted by Crippen LogP contribution is 2.27. The van der Waals surface area contributed by atoms with Crippen LogP contribution in [0.1, 0.15) is 107 Å². The molecule has 14 nitrogen and oxygen atoms in total. The SMILES string of the molecule is C.CC(C)(C)C(=O)Cl.CC(C)(C)c1nc2c(C(=O)O)cccc2[nH]1.COC(=O)c1cccc(N)c1N.COC(=O)c1cccc(NC(=O)C(C)(C)C)c1N.ICI. The van der Waals surface area contributed by atoms with E-state index in [1.165, 1.54) is 16.7 Å². The molecule has 1 amide bonds. The number of hydrogen-bond acceptors (Lipinski definition) is 11. The first kappa shape index (κ1) is 54.9. The Hall–Kier alpha value is -4.17. The molecule has 0 aliphatic carbocycles. The van der Waals surface area contributed by atoms with Crippen molar-refractivity contribution in [3.63, 3.8) is 0 Å². The molecule has 57 heavy (non-hydrogen) atoms. The van der Waals surface area contributed by atoms with Crippen molar-refractivity contribution in [1.29, 1.82) is 0 Å². The second-order valence-electron chi connectivity index (χ2n) is 14.7. The predicted molar refractivity (Wildman–Crippen MR) is 249 cm³/mol. The van der Waals surface area contributed by atoms with Crippen LogP contribution in [0.3, 0.4) is 0 Å². The third kappa shape index (κ3) is 18.3. The van der Waals surface area contributed by atoms with Crippen molar-refractivity contribution < 1.29 is 38.6 Å². The van der Waals surface area contributed by atoms with Crippen molar-refractivity contribution in [3.05, 3.63) is 77.1 Å². The molecule has 0 aliphatic rings. The number of amides is 1. The van der Waals surface area contributed by atoms with Gasteiger partial charge in [-0.3, -0.25) is 9.59 Å². The molecule has 0 aliphatic heterocycles. The molecular weight excluding hydrogens is 982 g/mol. The van der Waals surface area contributed by atoms with Crippen LogP contribution in [0.15, 0.2) is 54.6 Å². The fourth-order valence-corrected chi connectivity index (χ4v) is 3.70. The van der Waals surface area contributed by atoms with Crippen molar-refractivity contribution in [3.8, 4) is 0 Å². The van der Waals surface area contributed by atoms with Gasteiger partial charge in [0, 0.05) is 16.2 Å². The zero-order valence-electron chi connectivity index (χ0n) is 33.5. The molecule has 0 saturated heterocycles. The summed E-state index contributed by atoms with van der Waals surface area (Å²) < 4.78 is 10.3. The van der Waals surface area contributed by atoms with Crippen LogP contribution in [-0.2, 0) is 24.5 Å². The molecule has 0 fully saturated rings. The molecule has 3 aromatic carbocycles. The fourth-order valence-electron chi connectivity index (χ4n) is 3.70. The number of fused-ring (bicyclic) bond motifs is 1. The predicted octanol–water partition coefficient (Wildman–Crippen LogP) is 9.48. The van der Waals surface area contributed by atoms with Crippen molar-refractivity contribution >= 4 is 120 Å². The first-order valence-corrected chi connectivity index (χ1v) is 20.2. The topological polar surface area (TPSA) is 243 Å². The molecule has 17 heteroatoms. The lowest BCUT2D eigenvalue weighted by molar-refractivity contribution is -0.123. The maximum Gasteiger partial charge on any atom is 0.340 e. The number of methoxy groups -OCH3 is 2. The van der Waals surface area contributed by atoms with E-state index in [4.69, 9.17) is 33.9 Å². The van der Waals surface area contributed by atoms with Crippen LogP contribution in [0.4, 0.5) is 22.7 Å². The number of carbonyl (C=O) groups is 5. The quantitative estimate of drug-likeness (QED) is 0.0368. The Morgan fingerprint density at radius 2 is 1.18 bits per heavy atom. The molecular formula is C40H57ClI2N6O8. The van der Waals surface area contributed by atoms with Crippen LogP contribution in [0.2, 0.25) is 0 Å². The van der Waals surface area contributed by atoms with Gasteiger partial charge in [-0.25, -0.2) is 19.4 Å². The van der Waals surface area contributed by atoms with Gasteiger partial charge in [-0.15, -0.1) is 0 Å². The fraction of sp³-hybridized carbons (Fsp3) is 0.400. The molecule has 4 rings (SSSR count). The third-order valence-corrected chi connectivity index (χ3v) is 7.60. The van der Waals surface area contributed by atoms with Crippen molar-refractivity contribution in [1.82, 2.24) is 9.97 Å². The summed E-state index contributed by atoms with van der Waals surface area (Å²) in [5.74, 6) is -1.32. The van der Waals surface area contributed by atoms with E-state index in [0.717, 1.165) is 11.3 Å². The Bertz CT molecular complexity index is 1970. The molecule has 0 spiro atoms. The smallest absolute Gasteiger partial charge is 0.340 e. The van der Waals surface area contributed by atoms with Gasteiger partial charge in [0.2, 0.25) is 11.1 Å². The van der Waals surface area contributed by atoms with Crippen molar-refractivity contribution in [2.45, 2.75) is 75.2 Å². The number of imidazole rings is 1. The normalized spacial score (nSPS) is 10.5. The number of alkyl halides is 2. The number of esters is 2. The number of ether oxygens (including phenoxy) is 2. The van der Waals surface area contributed by atoms with Crippen molar-refractivity contribution in [2.24, 2.45) is 10.8 Å². The second-order valence-corrected chi connectivity index (χ2v) is 19.5. The van der Waals surface area contributed by atoms with E-state index in [9.17, 15) is 24.0 Å². The lowest BCUT2D eigenvalue weighted by Gasteiger charge is -2.19. The van der Waals surface area contributed by atoms with Gasteiger partial charge in [-0.2, -0.15) is 0 Å². The number of para-hydroxylation sites is 3. The summed E-state index contributed by atoms with van der Waals surface area (Å²) in [6.07, 6.45) is 0. The summed E-state index contributed by atoms with van der Waals surface area (Å²) in [5.41, 5.74) is 19.2. The Kier molecular flexibility index (Phi) is 23.7. The molecule has 0 saturated carbocycles. The number of carboxylic acids is 1. The molecule has 316 valence electrons. The summed E-state index contributed by atoms with van der Waals surface area (Å²) in [6.45, 7) is 16.8. The average Bonchev–Trinajstić information content (AvgIpc) is 3.56. The number of aromatic amines is 1. The summed E-state index contributed by atoms with van der Waals surface area (Å²) in [6, 6.07) is 14.8. The van der Waals surface area contributed by atoms with Crippen LogP contribution in [0, 0.1) is 10.8 Å². The highest BCUT2D eigenvalue weighted by Gasteiger charge is 2.23. The third-order valence-electron chi connectivity index (χ3n) is 7.03. The standard InChI is InChI=1S/C13H18N2O3.C12H14N2O2.C8H10N2O2.C5H9ClO.CH2I2.CH4/c1-13(2,3)12(17)15-9-7-5-6-8(10(9)14)11(16)18-4;1-12(2,3)11-13-8-6-4-5-7(10(15)16)9(8)14-11;1-12-8(11)5-3-2-4-6(9)7(5)10;1-5(2,3)4(6)7;2-1-3;/h5-7H,14H2,1-4H3,(H,15,17);4-6H,1-3H3,(H,13,14)(H,15,16);2-4H,9-10H2,1H3;1-3H3;1H2;1H4. The van der Waals surface area contributed by atoms with Gasteiger partial charge in [0.15, 0.2) is 0 Å². The molecule has 0 atom stereocenters. The van der Waals surface area contributed by atoms with Gasteiger partial charge in [-0.1, -0.05) is 133 Å². The van der Waals surface area contributed by atoms with Gasteiger partial charge >= 0.3 is 17.9 Å². The van der Waals surface area contributed by atoms with E-state index < -0.39 is 23.3 Å². The summed E-state index contributed by atoms with van der Waals surface area (Å²) >= 11 is 9.66. The van der Waals surface area contributed by atoms with Gasteiger partial charge in [0.1, 0.15) is 11.3 Å². The minimum absolute atomic E-state index is 0. The van der Waals surface area contributed by atoms with Gasteiger partial charge in [0.05, 0.1) is 61.6 Å². The maximum absolute atomic E-state index is 11.9. The van der Waals surface area contributed by atoms with Gasteiger partial charge in [0.25, 0.3) is 0 Å². The number of benzene rings is 3. The first-order chi connectivity index (χ1) is 25.7. The summed E-state index contributed by atoms with van der Waals surface area (Å²) in [4.78, 5) is 63.1. The molecule has 1 heterocycles. The average molecular weight is 1040 g/mol.